The zero-order chi connectivity index (χ0) is 20.0. The van der Waals surface area contributed by atoms with Gasteiger partial charge in [-0.05, 0) is 42.7 Å². The van der Waals surface area contributed by atoms with E-state index in [0.717, 1.165) is 10.6 Å². The van der Waals surface area contributed by atoms with Crippen molar-refractivity contribution in [3.8, 4) is 0 Å². The molecule has 1 amide bonds. The van der Waals surface area contributed by atoms with Crippen molar-refractivity contribution in [1.82, 2.24) is 4.90 Å². The molecule has 2 aromatic carbocycles. The van der Waals surface area contributed by atoms with Gasteiger partial charge in [0.25, 0.3) is 5.91 Å². The summed E-state index contributed by atoms with van der Waals surface area (Å²) in [5.74, 6) is -0.154. The van der Waals surface area contributed by atoms with Crippen LogP contribution in [-0.4, -0.2) is 48.7 Å². The monoisotopic (exact) mass is 399 g/mol. The summed E-state index contributed by atoms with van der Waals surface area (Å²) in [6.45, 7) is 0.864. The molecule has 1 N–H and O–H groups in total. The van der Waals surface area contributed by atoms with E-state index < -0.39 is 11.4 Å². The summed E-state index contributed by atoms with van der Waals surface area (Å²) in [6.07, 6.45) is 1.18. The number of ether oxygens (including phenoxy) is 1. The molecule has 0 aliphatic carbocycles. The molecule has 148 valence electrons. The Balaban J connectivity index is 1.64. The fourth-order valence-electron chi connectivity index (χ4n) is 3.55. The number of methoxy groups -OCH3 is 1. The lowest BCUT2D eigenvalue weighted by atomic mass is 9.80. The van der Waals surface area contributed by atoms with Crippen LogP contribution in [0.2, 0.25) is 0 Å². The summed E-state index contributed by atoms with van der Waals surface area (Å²) in [6, 6.07) is 17.8. The molecule has 6 heteroatoms. The highest BCUT2D eigenvalue weighted by Gasteiger charge is 2.43. The second-order valence-corrected chi connectivity index (χ2v) is 8.20. The quantitative estimate of drug-likeness (QED) is 0.715. The van der Waals surface area contributed by atoms with Crippen LogP contribution in [0.25, 0.3) is 0 Å². The Kier molecular flexibility index (Phi) is 6.75. The van der Waals surface area contributed by atoms with Gasteiger partial charge in [-0.1, -0.05) is 30.3 Å². The molecular formula is C22H25NO4S. The third-order valence-corrected chi connectivity index (χ3v) is 6.17. The molecule has 0 saturated carbocycles. The molecule has 0 spiro atoms. The number of benzene rings is 2. The Morgan fingerprint density at radius 1 is 1.14 bits per heavy atom. The largest absolute Gasteiger partial charge is 0.481 e. The highest BCUT2D eigenvalue weighted by molar-refractivity contribution is 7.98. The number of rotatable bonds is 7. The van der Waals surface area contributed by atoms with E-state index in [9.17, 15) is 14.7 Å². The Hall–Kier alpha value is -2.31. The molecule has 1 heterocycles. The van der Waals surface area contributed by atoms with E-state index in [4.69, 9.17) is 4.74 Å². The zero-order valence-corrected chi connectivity index (χ0v) is 16.8. The van der Waals surface area contributed by atoms with Crippen molar-refractivity contribution in [2.75, 3.05) is 26.8 Å². The van der Waals surface area contributed by atoms with Gasteiger partial charge >= 0.3 is 5.97 Å². The van der Waals surface area contributed by atoms with Crippen LogP contribution in [0.4, 0.5) is 0 Å². The molecule has 1 saturated heterocycles. The van der Waals surface area contributed by atoms with Crippen LogP contribution in [0.5, 0.6) is 0 Å². The van der Waals surface area contributed by atoms with Crippen molar-refractivity contribution < 1.29 is 19.4 Å². The lowest BCUT2D eigenvalue weighted by Crippen LogP contribution is -2.52. The van der Waals surface area contributed by atoms with Crippen LogP contribution >= 0.6 is 11.8 Å². The van der Waals surface area contributed by atoms with E-state index >= 15 is 0 Å². The van der Waals surface area contributed by atoms with Crippen molar-refractivity contribution >= 4 is 23.6 Å². The van der Waals surface area contributed by atoms with E-state index in [1.807, 2.05) is 42.5 Å². The molecule has 1 unspecified atom stereocenters. The number of carbonyl (C=O) groups is 2. The molecule has 28 heavy (non-hydrogen) atoms. The molecular weight excluding hydrogens is 374 g/mol. The van der Waals surface area contributed by atoms with Gasteiger partial charge in [0.1, 0.15) is 5.41 Å². The molecule has 5 nitrogen and oxygen atoms in total. The SMILES string of the molecule is COCC1(C(=O)O)CCCN(C(=O)c2ccc(SCc3ccccc3)cc2)C1. The number of aliphatic carboxylic acids is 1. The van der Waals surface area contributed by atoms with Crippen LogP contribution < -0.4 is 0 Å². The second kappa shape index (κ2) is 9.26. The summed E-state index contributed by atoms with van der Waals surface area (Å²) in [4.78, 5) is 27.4. The predicted octanol–water partition coefficient (Wildman–Crippen LogP) is 3.93. The molecule has 1 fully saturated rings. The second-order valence-electron chi connectivity index (χ2n) is 7.15. The summed E-state index contributed by atoms with van der Waals surface area (Å²) in [7, 11) is 1.50. The van der Waals surface area contributed by atoms with Crippen molar-refractivity contribution in [2.45, 2.75) is 23.5 Å². The molecule has 3 rings (SSSR count). The van der Waals surface area contributed by atoms with Gasteiger partial charge in [-0.2, -0.15) is 0 Å². The molecule has 1 aliphatic heterocycles. The minimum Gasteiger partial charge on any atom is -0.481 e. The van der Waals surface area contributed by atoms with Crippen LogP contribution in [0.15, 0.2) is 59.5 Å². The number of thioether (sulfide) groups is 1. The summed E-state index contributed by atoms with van der Waals surface area (Å²) < 4.78 is 5.14. The van der Waals surface area contributed by atoms with Crippen LogP contribution in [0.1, 0.15) is 28.8 Å². The Morgan fingerprint density at radius 3 is 2.50 bits per heavy atom. The topological polar surface area (TPSA) is 66.8 Å². The zero-order valence-electron chi connectivity index (χ0n) is 16.0. The average Bonchev–Trinajstić information content (AvgIpc) is 2.73. The summed E-state index contributed by atoms with van der Waals surface area (Å²) >= 11 is 1.72. The van der Waals surface area contributed by atoms with E-state index in [1.165, 1.54) is 12.7 Å². The van der Waals surface area contributed by atoms with E-state index in [-0.39, 0.29) is 19.1 Å². The summed E-state index contributed by atoms with van der Waals surface area (Å²) in [5, 5.41) is 9.66. The van der Waals surface area contributed by atoms with Gasteiger partial charge in [-0.15, -0.1) is 11.8 Å². The van der Waals surface area contributed by atoms with Crippen LogP contribution in [-0.2, 0) is 15.3 Å². The normalized spacial score (nSPS) is 19.4. The lowest BCUT2D eigenvalue weighted by molar-refractivity contribution is -0.155. The van der Waals surface area contributed by atoms with E-state index in [1.54, 1.807) is 16.7 Å². The van der Waals surface area contributed by atoms with Gasteiger partial charge in [0.2, 0.25) is 0 Å². The third kappa shape index (κ3) is 4.75. The number of nitrogens with zero attached hydrogens (tertiary/aromatic N) is 1. The van der Waals surface area contributed by atoms with Gasteiger partial charge in [0.15, 0.2) is 0 Å². The molecule has 0 radical (unpaired) electrons. The number of likely N-dealkylation sites (tertiary alicyclic amines) is 1. The number of hydrogen-bond donors (Lipinski definition) is 1. The number of carboxylic acids is 1. The first-order valence-electron chi connectivity index (χ1n) is 9.32. The van der Waals surface area contributed by atoms with Gasteiger partial charge < -0.3 is 14.7 Å². The number of carboxylic acid groups (broad SMARTS) is 1. The fraction of sp³-hybridized carbons (Fsp3) is 0.364. The minimum absolute atomic E-state index is 0.112. The first-order chi connectivity index (χ1) is 13.5. The minimum atomic E-state index is -1.02. The van der Waals surface area contributed by atoms with Crippen molar-refractivity contribution in [3.63, 3.8) is 0 Å². The summed E-state index contributed by atoms with van der Waals surface area (Å²) in [5.41, 5.74) is 0.820. The molecule has 0 bridgehead atoms. The van der Waals surface area contributed by atoms with E-state index in [0.29, 0.717) is 24.9 Å². The van der Waals surface area contributed by atoms with Crippen molar-refractivity contribution in [1.29, 1.82) is 0 Å². The maximum Gasteiger partial charge on any atom is 0.313 e. The van der Waals surface area contributed by atoms with Crippen molar-refractivity contribution in [2.24, 2.45) is 5.41 Å². The Morgan fingerprint density at radius 2 is 1.86 bits per heavy atom. The number of piperidine rings is 1. The maximum absolute atomic E-state index is 12.9. The van der Waals surface area contributed by atoms with E-state index in [2.05, 4.69) is 12.1 Å². The predicted molar refractivity (Wildman–Crippen MR) is 110 cm³/mol. The third-order valence-electron chi connectivity index (χ3n) is 5.09. The maximum atomic E-state index is 12.9. The van der Waals surface area contributed by atoms with Gasteiger partial charge in [-0.3, -0.25) is 9.59 Å². The average molecular weight is 400 g/mol. The Labute approximate surface area is 169 Å². The van der Waals surface area contributed by atoms with Crippen molar-refractivity contribution in [3.05, 3.63) is 65.7 Å². The standard InChI is InChI=1S/C22H25NO4S/c1-27-16-22(21(25)26)12-5-13-23(15-22)20(24)18-8-10-19(11-9-18)28-14-17-6-3-2-4-7-17/h2-4,6-11H,5,12-16H2,1H3,(H,25,26). The highest BCUT2D eigenvalue weighted by atomic mass is 32.2. The van der Waals surface area contributed by atoms with Crippen LogP contribution in [0, 0.1) is 5.41 Å². The van der Waals surface area contributed by atoms with Crippen LogP contribution in [0.3, 0.4) is 0 Å². The number of hydrogen-bond acceptors (Lipinski definition) is 4. The number of amides is 1. The first kappa shape index (κ1) is 20.4. The van der Waals surface area contributed by atoms with Gasteiger partial charge in [0, 0.05) is 36.4 Å². The number of carbonyl (C=O) groups excluding carboxylic acids is 1. The fourth-order valence-corrected chi connectivity index (χ4v) is 4.41. The smallest absolute Gasteiger partial charge is 0.313 e. The van der Waals surface area contributed by atoms with Gasteiger partial charge in [0.05, 0.1) is 6.61 Å². The highest BCUT2D eigenvalue weighted by Crippen LogP contribution is 2.32. The molecule has 1 aliphatic rings. The van der Waals surface area contributed by atoms with Gasteiger partial charge in [-0.25, -0.2) is 0 Å². The Bertz CT molecular complexity index is 805. The molecule has 0 aromatic heterocycles. The molecule has 2 aromatic rings. The first-order valence-corrected chi connectivity index (χ1v) is 10.3. The molecule has 1 atom stereocenters. The lowest BCUT2D eigenvalue weighted by Gasteiger charge is -2.39.